The van der Waals surface area contributed by atoms with E-state index in [1.807, 2.05) is 24.3 Å². The number of carbonyl (C=O) groups is 3. The van der Waals surface area contributed by atoms with Crippen LogP contribution >= 0.6 is 11.8 Å². The van der Waals surface area contributed by atoms with Crippen LogP contribution in [0.2, 0.25) is 0 Å². The van der Waals surface area contributed by atoms with Crippen LogP contribution in [-0.4, -0.2) is 65.2 Å². The summed E-state index contributed by atoms with van der Waals surface area (Å²) in [6.45, 7) is 2.72. The Kier molecular flexibility index (Phi) is 7.23. The van der Waals surface area contributed by atoms with Crippen LogP contribution in [0.15, 0.2) is 48.5 Å². The van der Waals surface area contributed by atoms with E-state index in [-0.39, 0.29) is 30.9 Å². The third-order valence-corrected chi connectivity index (χ3v) is 7.33. The maximum Gasteiger partial charge on any atom is 0.407 e. The quantitative estimate of drug-likeness (QED) is 0.645. The average Bonchev–Trinajstić information content (AvgIpc) is 3.16. The molecule has 2 unspecified atom stereocenters. The number of thioether (sulfide) groups is 1. The van der Waals surface area contributed by atoms with Gasteiger partial charge in [0.05, 0.1) is 0 Å². The molecule has 1 aliphatic carbocycles. The summed E-state index contributed by atoms with van der Waals surface area (Å²) in [5.74, 6) is -0.402. The molecule has 0 spiro atoms. The second-order valence-electron chi connectivity index (χ2n) is 8.40. The molecule has 0 aromatic heterocycles. The van der Waals surface area contributed by atoms with Crippen molar-refractivity contribution in [2.45, 2.75) is 25.3 Å². The van der Waals surface area contributed by atoms with Crippen LogP contribution in [0.3, 0.4) is 0 Å². The van der Waals surface area contributed by atoms with Crippen molar-refractivity contribution in [3.8, 4) is 11.1 Å². The van der Waals surface area contributed by atoms with Crippen LogP contribution < -0.4 is 5.32 Å². The van der Waals surface area contributed by atoms with Gasteiger partial charge >= 0.3 is 12.1 Å². The minimum Gasteiger partial charge on any atom is -0.480 e. The van der Waals surface area contributed by atoms with Gasteiger partial charge in [0.25, 0.3) is 0 Å². The zero-order valence-electron chi connectivity index (χ0n) is 18.5. The fourth-order valence-corrected chi connectivity index (χ4v) is 5.56. The summed E-state index contributed by atoms with van der Waals surface area (Å²) < 4.78 is 5.52. The predicted octanol–water partition coefficient (Wildman–Crippen LogP) is 3.58. The zero-order chi connectivity index (χ0) is 23.4. The third kappa shape index (κ3) is 5.00. The first-order valence-electron chi connectivity index (χ1n) is 11.2. The van der Waals surface area contributed by atoms with Crippen LogP contribution in [0.5, 0.6) is 0 Å². The van der Waals surface area contributed by atoms with Crippen LogP contribution in [-0.2, 0) is 14.3 Å². The number of ether oxygens (including phenoxy) is 1. The molecule has 2 aromatic carbocycles. The number of hydrogen-bond donors (Lipinski definition) is 2. The van der Waals surface area contributed by atoms with E-state index in [1.165, 1.54) is 16.0 Å². The maximum absolute atomic E-state index is 12.7. The van der Waals surface area contributed by atoms with Crippen molar-refractivity contribution in [1.29, 1.82) is 0 Å². The summed E-state index contributed by atoms with van der Waals surface area (Å²) in [7, 11) is 0. The molecular formula is C25H28N2O5S. The van der Waals surface area contributed by atoms with E-state index in [2.05, 4.69) is 29.6 Å². The van der Waals surface area contributed by atoms with Gasteiger partial charge in [-0.25, -0.2) is 9.59 Å². The lowest BCUT2D eigenvalue weighted by atomic mass is 9.98. The van der Waals surface area contributed by atoms with Crippen molar-refractivity contribution >= 4 is 29.7 Å². The van der Waals surface area contributed by atoms with Crippen LogP contribution in [0.1, 0.15) is 30.4 Å². The fraction of sp³-hybridized carbons (Fsp3) is 0.400. The molecule has 33 heavy (non-hydrogen) atoms. The molecule has 0 bridgehead atoms. The highest BCUT2D eigenvalue weighted by atomic mass is 32.2. The summed E-state index contributed by atoms with van der Waals surface area (Å²) in [4.78, 5) is 37.9. The Bertz CT molecular complexity index is 997. The molecule has 4 rings (SSSR count). The fourth-order valence-electron chi connectivity index (χ4n) is 4.52. The largest absolute Gasteiger partial charge is 0.480 e. The molecule has 174 valence electrons. The maximum atomic E-state index is 12.7. The lowest BCUT2D eigenvalue weighted by molar-refractivity contribution is -0.150. The second kappa shape index (κ2) is 10.3. The molecule has 2 aliphatic rings. The highest BCUT2D eigenvalue weighted by molar-refractivity contribution is 7.99. The minimum atomic E-state index is -0.973. The number of nitrogens with one attached hydrogen (secondary N) is 1. The molecule has 1 saturated heterocycles. The van der Waals surface area contributed by atoms with E-state index < -0.39 is 18.1 Å². The Morgan fingerprint density at radius 1 is 1.12 bits per heavy atom. The minimum absolute atomic E-state index is 0.00595. The molecule has 2 atom stereocenters. The van der Waals surface area contributed by atoms with Crippen LogP contribution in [0.25, 0.3) is 11.1 Å². The summed E-state index contributed by atoms with van der Waals surface area (Å²) in [5, 5.41) is 12.1. The first-order valence-corrected chi connectivity index (χ1v) is 12.3. The van der Waals surface area contributed by atoms with E-state index in [0.717, 1.165) is 16.9 Å². The number of carbonyl (C=O) groups excluding carboxylic acids is 2. The number of rotatable bonds is 7. The van der Waals surface area contributed by atoms with E-state index in [4.69, 9.17) is 4.74 Å². The normalized spacial score (nSPS) is 18.2. The SMILES string of the molecule is CC(CCNC(=O)OCC1c2ccccc2-c2ccccc21)C(=O)N1CCSCC1C(=O)O. The molecule has 8 heteroatoms. The third-order valence-electron chi connectivity index (χ3n) is 6.31. The molecule has 1 fully saturated rings. The number of carboxylic acids is 1. The molecule has 2 amide bonds. The Morgan fingerprint density at radius 3 is 2.39 bits per heavy atom. The van der Waals surface area contributed by atoms with Crippen LogP contribution in [0, 0.1) is 5.92 Å². The Morgan fingerprint density at radius 2 is 1.76 bits per heavy atom. The molecule has 0 saturated carbocycles. The van der Waals surface area contributed by atoms with Gasteiger partial charge in [-0.2, -0.15) is 11.8 Å². The smallest absolute Gasteiger partial charge is 0.407 e. The number of hydrogen-bond acceptors (Lipinski definition) is 5. The van der Waals surface area contributed by atoms with E-state index in [9.17, 15) is 19.5 Å². The van der Waals surface area contributed by atoms with Crippen molar-refractivity contribution in [2.24, 2.45) is 5.92 Å². The van der Waals surface area contributed by atoms with Gasteiger partial charge in [0, 0.05) is 36.4 Å². The van der Waals surface area contributed by atoms with Gasteiger partial charge < -0.3 is 20.1 Å². The van der Waals surface area contributed by atoms with Crippen LogP contribution in [0.4, 0.5) is 4.79 Å². The predicted molar refractivity (Wildman–Crippen MR) is 127 cm³/mol. The topological polar surface area (TPSA) is 95.9 Å². The Labute approximate surface area is 197 Å². The van der Waals surface area contributed by atoms with Crippen molar-refractivity contribution in [2.75, 3.05) is 31.2 Å². The number of nitrogens with zero attached hydrogens (tertiary/aromatic N) is 1. The lowest BCUT2D eigenvalue weighted by Crippen LogP contribution is -2.52. The molecule has 1 heterocycles. The standard InChI is InChI=1S/C25H28N2O5S/c1-16(23(28)27-12-13-33-15-22(27)24(29)30)10-11-26-25(31)32-14-21-19-8-4-2-6-17(19)18-7-3-5-9-20(18)21/h2-9,16,21-22H,10-15H2,1H3,(H,26,31)(H,29,30). The summed E-state index contributed by atoms with van der Waals surface area (Å²) in [6.07, 6.45) is -0.103. The van der Waals surface area contributed by atoms with Crippen molar-refractivity contribution in [1.82, 2.24) is 10.2 Å². The number of carboxylic acid groups (broad SMARTS) is 1. The second-order valence-corrected chi connectivity index (χ2v) is 9.55. The Balaban J connectivity index is 1.26. The number of aliphatic carboxylic acids is 1. The monoisotopic (exact) mass is 468 g/mol. The van der Waals surface area contributed by atoms with Crippen molar-refractivity contribution in [3.05, 3.63) is 59.7 Å². The lowest BCUT2D eigenvalue weighted by Gasteiger charge is -2.34. The molecule has 2 aromatic rings. The van der Waals surface area contributed by atoms with Gasteiger partial charge in [-0.15, -0.1) is 0 Å². The highest BCUT2D eigenvalue weighted by Crippen LogP contribution is 2.44. The van der Waals surface area contributed by atoms with E-state index in [0.29, 0.717) is 18.7 Å². The van der Waals surface area contributed by atoms with Crippen molar-refractivity contribution in [3.63, 3.8) is 0 Å². The van der Waals surface area contributed by atoms with E-state index >= 15 is 0 Å². The van der Waals surface area contributed by atoms with Crippen molar-refractivity contribution < 1.29 is 24.2 Å². The summed E-state index contributed by atoms with van der Waals surface area (Å²) in [6, 6.07) is 15.5. The molecular weight excluding hydrogens is 440 g/mol. The van der Waals surface area contributed by atoms with Gasteiger partial charge in [-0.05, 0) is 28.7 Å². The number of benzene rings is 2. The summed E-state index contributed by atoms with van der Waals surface area (Å²) >= 11 is 1.55. The van der Waals surface area contributed by atoms with Gasteiger partial charge in [0.2, 0.25) is 5.91 Å². The number of amides is 2. The molecule has 0 radical (unpaired) electrons. The van der Waals surface area contributed by atoms with E-state index in [1.54, 1.807) is 18.7 Å². The average molecular weight is 469 g/mol. The highest BCUT2D eigenvalue weighted by Gasteiger charge is 2.34. The number of fused-ring (bicyclic) bond motifs is 3. The van der Waals surface area contributed by atoms with Gasteiger partial charge in [0.15, 0.2) is 0 Å². The van der Waals surface area contributed by atoms with Gasteiger partial charge in [0.1, 0.15) is 12.6 Å². The summed E-state index contributed by atoms with van der Waals surface area (Å²) in [5.41, 5.74) is 4.65. The first kappa shape index (κ1) is 23.2. The molecule has 2 N–H and O–H groups in total. The van der Waals surface area contributed by atoms with Gasteiger partial charge in [-0.3, -0.25) is 4.79 Å². The molecule has 1 aliphatic heterocycles. The Hall–Kier alpha value is -3.00. The molecule has 7 nitrogen and oxygen atoms in total. The zero-order valence-corrected chi connectivity index (χ0v) is 19.3. The number of alkyl carbamates (subject to hydrolysis) is 1. The van der Waals surface area contributed by atoms with Gasteiger partial charge in [-0.1, -0.05) is 55.5 Å². The first-order chi connectivity index (χ1) is 16.0.